The van der Waals surface area contributed by atoms with Gasteiger partial charge in [0.25, 0.3) is 11.1 Å². The van der Waals surface area contributed by atoms with Crippen molar-refractivity contribution in [1.29, 1.82) is 0 Å². The van der Waals surface area contributed by atoms with Crippen LogP contribution < -0.4 is 0 Å². The van der Waals surface area contributed by atoms with E-state index in [1.165, 1.54) is 11.8 Å². The summed E-state index contributed by atoms with van der Waals surface area (Å²) in [6.07, 6.45) is 0.649. The number of nitrogens with zero attached hydrogens (tertiary/aromatic N) is 4. The van der Waals surface area contributed by atoms with E-state index in [0.29, 0.717) is 22.6 Å². The summed E-state index contributed by atoms with van der Waals surface area (Å²) in [6.45, 7) is 2.02. The van der Waals surface area contributed by atoms with Crippen LogP contribution in [0.5, 0.6) is 0 Å². The third-order valence-corrected chi connectivity index (χ3v) is 7.22. The number of halogens is 1. The fraction of sp³-hybridized carbons (Fsp3) is 0.167. The monoisotopic (exact) mass is 494 g/mol. The summed E-state index contributed by atoms with van der Waals surface area (Å²) in [5.41, 5.74) is 3.90. The van der Waals surface area contributed by atoms with Gasteiger partial charge in [0, 0.05) is 17.0 Å². The van der Waals surface area contributed by atoms with Crippen molar-refractivity contribution in [3.63, 3.8) is 0 Å². The molecule has 2 aromatic heterocycles. The number of hydrogen-bond acceptors (Lipinski definition) is 7. The van der Waals surface area contributed by atoms with Gasteiger partial charge in [0.15, 0.2) is 0 Å². The van der Waals surface area contributed by atoms with Crippen LogP contribution in [0.2, 0.25) is 5.02 Å². The second-order valence-electron chi connectivity index (χ2n) is 7.56. The highest BCUT2D eigenvalue weighted by atomic mass is 35.5. The lowest BCUT2D eigenvalue weighted by Gasteiger charge is -2.21. The van der Waals surface area contributed by atoms with Crippen LogP contribution in [0.1, 0.15) is 28.5 Å². The predicted molar refractivity (Wildman–Crippen MR) is 132 cm³/mol. The number of carbonyl (C=O) groups excluding carboxylic acids is 1. The molecule has 1 unspecified atom stereocenters. The van der Waals surface area contributed by atoms with E-state index in [2.05, 4.69) is 15.3 Å². The number of carbonyl (C=O) groups is 1. The number of hydrazone groups is 1. The van der Waals surface area contributed by atoms with Crippen LogP contribution in [0.3, 0.4) is 0 Å². The first-order chi connectivity index (χ1) is 16.1. The zero-order valence-corrected chi connectivity index (χ0v) is 20.0. The molecule has 2 aromatic carbocycles. The molecule has 1 amide bonds. The van der Waals surface area contributed by atoms with E-state index in [1.54, 1.807) is 16.3 Å². The quantitative estimate of drug-likeness (QED) is 0.297. The Bertz CT molecular complexity index is 1290. The van der Waals surface area contributed by atoms with Gasteiger partial charge in [-0.1, -0.05) is 59.3 Å². The number of thiophene rings is 1. The minimum atomic E-state index is -0.182. The smallest absolute Gasteiger partial charge is 0.277 e. The van der Waals surface area contributed by atoms with Crippen LogP contribution in [-0.2, 0) is 4.79 Å². The first kappa shape index (κ1) is 21.9. The third kappa shape index (κ3) is 4.88. The molecule has 3 heterocycles. The van der Waals surface area contributed by atoms with E-state index < -0.39 is 0 Å². The van der Waals surface area contributed by atoms with Crippen molar-refractivity contribution >= 4 is 46.3 Å². The lowest BCUT2D eigenvalue weighted by Crippen LogP contribution is -2.28. The van der Waals surface area contributed by atoms with Gasteiger partial charge in [-0.3, -0.25) is 4.79 Å². The summed E-state index contributed by atoms with van der Waals surface area (Å²) in [4.78, 5) is 14.3. The van der Waals surface area contributed by atoms with Crippen LogP contribution >= 0.6 is 34.7 Å². The number of hydrogen-bond donors (Lipinski definition) is 0. The molecule has 33 heavy (non-hydrogen) atoms. The minimum absolute atomic E-state index is 0.124. The average molecular weight is 495 g/mol. The van der Waals surface area contributed by atoms with E-state index >= 15 is 0 Å². The van der Waals surface area contributed by atoms with Gasteiger partial charge in [0.2, 0.25) is 5.89 Å². The summed E-state index contributed by atoms with van der Waals surface area (Å²) in [6, 6.07) is 19.2. The molecule has 0 spiro atoms. The van der Waals surface area contributed by atoms with Crippen molar-refractivity contribution in [3.05, 3.63) is 87.1 Å². The zero-order chi connectivity index (χ0) is 22.8. The van der Waals surface area contributed by atoms with E-state index in [0.717, 1.165) is 27.3 Å². The molecule has 1 aliphatic rings. The van der Waals surface area contributed by atoms with Crippen LogP contribution in [-0.4, -0.2) is 32.6 Å². The zero-order valence-electron chi connectivity index (χ0n) is 17.6. The van der Waals surface area contributed by atoms with Gasteiger partial charge in [0.05, 0.1) is 22.4 Å². The van der Waals surface area contributed by atoms with Gasteiger partial charge in [-0.2, -0.15) is 5.10 Å². The molecule has 6 nitrogen and oxygen atoms in total. The van der Waals surface area contributed by atoms with Crippen LogP contribution in [0, 0.1) is 6.92 Å². The number of aryl methyl sites for hydroxylation is 1. The van der Waals surface area contributed by atoms with Crippen molar-refractivity contribution in [2.45, 2.75) is 24.6 Å². The highest BCUT2D eigenvalue weighted by Gasteiger charge is 2.33. The van der Waals surface area contributed by atoms with Crippen molar-refractivity contribution in [2.75, 3.05) is 5.75 Å². The molecule has 1 atom stereocenters. The van der Waals surface area contributed by atoms with Gasteiger partial charge in [0.1, 0.15) is 0 Å². The van der Waals surface area contributed by atoms with E-state index in [-0.39, 0.29) is 17.7 Å². The fourth-order valence-corrected chi connectivity index (χ4v) is 5.01. The van der Waals surface area contributed by atoms with Gasteiger partial charge in [-0.25, -0.2) is 5.01 Å². The number of amides is 1. The van der Waals surface area contributed by atoms with Gasteiger partial charge in [-0.05, 0) is 48.2 Å². The SMILES string of the molecule is Cc1ccc(-c2nnc(SCC(=O)N3N=C(c4cccs4)CC3c3ccc(Cl)cc3)o2)cc1. The normalized spacial score (nSPS) is 15.6. The first-order valence-electron chi connectivity index (χ1n) is 10.3. The molecule has 0 saturated carbocycles. The Labute approximate surface area is 204 Å². The minimum Gasteiger partial charge on any atom is -0.411 e. The van der Waals surface area contributed by atoms with E-state index in [1.807, 2.05) is 73.0 Å². The lowest BCUT2D eigenvalue weighted by molar-refractivity contribution is -0.130. The molecule has 0 fully saturated rings. The maximum absolute atomic E-state index is 13.2. The van der Waals surface area contributed by atoms with Crippen molar-refractivity contribution < 1.29 is 9.21 Å². The predicted octanol–water partition coefficient (Wildman–Crippen LogP) is 6.23. The summed E-state index contributed by atoms with van der Waals surface area (Å²) >= 11 is 8.89. The Balaban J connectivity index is 1.32. The largest absolute Gasteiger partial charge is 0.411 e. The highest BCUT2D eigenvalue weighted by Crippen LogP contribution is 2.35. The summed E-state index contributed by atoms with van der Waals surface area (Å²) in [5.74, 6) is 0.450. The second-order valence-corrected chi connectivity index (χ2v) is 9.87. The van der Waals surface area contributed by atoms with E-state index in [9.17, 15) is 4.79 Å². The molecular weight excluding hydrogens is 476 g/mol. The Kier molecular flexibility index (Phi) is 6.30. The Morgan fingerprint density at radius 3 is 2.67 bits per heavy atom. The van der Waals surface area contributed by atoms with Gasteiger partial charge >= 0.3 is 0 Å². The Hall–Kier alpha value is -2.94. The number of benzene rings is 2. The van der Waals surface area contributed by atoms with Gasteiger partial charge < -0.3 is 4.42 Å². The molecule has 166 valence electrons. The Morgan fingerprint density at radius 1 is 1.15 bits per heavy atom. The Morgan fingerprint density at radius 2 is 1.94 bits per heavy atom. The maximum atomic E-state index is 13.2. The average Bonchev–Trinajstić information content (AvgIpc) is 3.59. The molecule has 9 heteroatoms. The standard InChI is InChI=1S/C24H19ClN4O2S2/c1-15-4-6-17(7-5-15)23-26-27-24(31-23)33-14-22(30)29-20(16-8-10-18(25)11-9-16)13-19(28-29)21-3-2-12-32-21/h2-12,20H,13-14H2,1H3. The maximum Gasteiger partial charge on any atom is 0.277 e. The van der Waals surface area contributed by atoms with Crippen LogP contribution in [0.4, 0.5) is 0 Å². The number of thioether (sulfide) groups is 1. The molecule has 1 aliphatic heterocycles. The van der Waals surface area contributed by atoms with Crippen molar-refractivity contribution in [3.8, 4) is 11.5 Å². The molecule has 5 rings (SSSR count). The molecular formula is C24H19ClN4O2S2. The summed E-state index contributed by atoms with van der Waals surface area (Å²) in [7, 11) is 0. The molecule has 0 saturated heterocycles. The van der Waals surface area contributed by atoms with Crippen LogP contribution in [0.15, 0.2) is 80.8 Å². The summed E-state index contributed by atoms with van der Waals surface area (Å²) in [5, 5.41) is 17.5. The summed E-state index contributed by atoms with van der Waals surface area (Å²) < 4.78 is 5.75. The molecule has 0 aliphatic carbocycles. The third-order valence-electron chi connectivity index (χ3n) is 5.25. The van der Waals surface area contributed by atoms with E-state index in [4.69, 9.17) is 16.0 Å². The first-order valence-corrected chi connectivity index (χ1v) is 12.5. The second kappa shape index (κ2) is 9.51. The molecule has 4 aromatic rings. The molecule has 0 bridgehead atoms. The van der Waals surface area contributed by atoms with Crippen LogP contribution in [0.25, 0.3) is 11.5 Å². The highest BCUT2D eigenvalue weighted by molar-refractivity contribution is 7.99. The van der Waals surface area contributed by atoms with Crippen molar-refractivity contribution in [1.82, 2.24) is 15.2 Å². The number of aromatic nitrogens is 2. The lowest BCUT2D eigenvalue weighted by atomic mass is 10.0. The molecule has 0 N–H and O–H groups in total. The number of rotatable bonds is 6. The van der Waals surface area contributed by atoms with Gasteiger partial charge in [-0.15, -0.1) is 21.5 Å². The van der Waals surface area contributed by atoms with Crippen molar-refractivity contribution in [2.24, 2.45) is 5.10 Å². The molecule has 0 radical (unpaired) electrons. The fourth-order valence-electron chi connectivity index (χ4n) is 3.55. The topological polar surface area (TPSA) is 71.6 Å².